The van der Waals surface area contributed by atoms with Gasteiger partial charge in [-0.2, -0.15) is 0 Å². The van der Waals surface area contributed by atoms with E-state index in [1.54, 1.807) is 0 Å². The molecular formula is C22H30O3. The lowest BCUT2D eigenvalue weighted by Gasteiger charge is -1.87. The summed E-state index contributed by atoms with van der Waals surface area (Å²) in [4.78, 5) is 10.3. The molecule has 136 valence electrons. The molecule has 1 aliphatic heterocycles. The van der Waals surface area contributed by atoms with Gasteiger partial charge in [-0.25, -0.2) is 0 Å². The minimum absolute atomic E-state index is 0.205. The Morgan fingerprint density at radius 1 is 0.880 bits per heavy atom. The molecule has 0 aromatic heterocycles. The van der Waals surface area contributed by atoms with Crippen LogP contribution in [0.15, 0.2) is 72.9 Å². The van der Waals surface area contributed by atoms with Crippen LogP contribution in [-0.4, -0.2) is 23.3 Å². The Labute approximate surface area is 151 Å². The second kappa shape index (κ2) is 14.2. The first kappa shape index (κ1) is 20.9. The van der Waals surface area contributed by atoms with Gasteiger partial charge in [0.1, 0.15) is 6.10 Å². The zero-order valence-corrected chi connectivity index (χ0v) is 15.1. The van der Waals surface area contributed by atoms with E-state index in [9.17, 15) is 4.79 Å². The minimum atomic E-state index is -0.746. The van der Waals surface area contributed by atoms with Crippen molar-refractivity contribution >= 4 is 5.97 Å². The summed E-state index contributed by atoms with van der Waals surface area (Å²) < 4.78 is 5.42. The summed E-state index contributed by atoms with van der Waals surface area (Å²) in [5.74, 6) is -0.746. The van der Waals surface area contributed by atoms with E-state index in [0.29, 0.717) is 18.6 Å². The number of hydrogen-bond acceptors (Lipinski definition) is 2. The van der Waals surface area contributed by atoms with Crippen LogP contribution in [0.1, 0.15) is 45.4 Å². The number of hydrogen-bond donors (Lipinski definition) is 1. The molecule has 0 amide bonds. The van der Waals surface area contributed by atoms with Crippen molar-refractivity contribution in [1.29, 1.82) is 0 Å². The summed E-state index contributed by atoms with van der Waals surface area (Å²) in [6, 6.07) is 0. The van der Waals surface area contributed by atoms with Gasteiger partial charge in [0.05, 0.1) is 6.10 Å². The van der Waals surface area contributed by atoms with Gasteiger partial charge in [-0.15, -0.1) is 0 Å². The molecule has 0 aromatic rings. The van der Waals surface area contributed by atoms with Crippen LogP contribution < -0.4 is 0 Å². The molecule has 0 aromatic carbocycles. The number of aliphatic carboxylic acids is 1. The highest BCUT2D eigenvalue weighted by Crippen LogP contribution is 2.25. The minimum Gasteiger partial charge on any atom is -0.481 e. The lowest BCUT2D eigenvalue weighted by molar-refractivity contribution is -0.136. The Bertz CT molecular complexity index is 535. The highest BCUT2D eigenvalue weighted by molar-refractivity contribution is 5.66. The lowest BCUT2D eigenvalue weighted by Crippen LogP contribution is -1.91. The van der Waals surface area contributed by atoms with Crippen LogP contribution in [0.2, 0.25) is 0 Å². The zero-order chi connectivity index (χ0) is 18.2. The third-order valence-corrected chi connectivity index (χ3v) is 3.64. The first-order chi connectivity index (χ1) is 12.2. The van der Waals surface area contributed by atoms with Gasteiger partial charge >= 0.3 is 5.97 Å². The number of carbonyl (C=O) groups is 1. The number of carboxylic acids is 1. The predicted molar refractivity (Wildman–Crippen MR) is 105 cm³/mol. The molecule has 1 heterocycles. The highest BCUT2D eigenvalue weighted by atomic mass is 16.6. The van der Waals surface area contributed by atoms with Gasteiger partial charge in [-0.1, -0.05) is 79.8 Å². The standard InChI is InChI=1S/C22H30O3/c1-2-20-21(25-20)18-16-14-12-10-8-6-4-3-5-7-9-11-13-15-17-19-22(23)24/h3-4,7-10,12-16,18,20-21H,2,5-6,11,17,19H2,1H3,(H,23,24)/b4-3-,9-7-,10-8-,14-12+,15-13-,18-16+. The number of rotatable bonds is 13. The fourth-order valence-corrected chi connectivity index (χ4v) is 2.15. The van der Waals surface area contributed by atoms with Crippen molar-refractivity contribution < 1.29 is 14.6 Å². The van der Waals surface area contributed by atoms with Gasteiger partial charge in [-0.05, 0) is 32.1 Å². The SMILES string of the molecule is CCC1OC1/C=C/C=C/C=C\C/C=C\C/C=C\C/C=C\CCC(=O)O. The topological polar surface area (TPSA) is 49.8 Å². The molecule has 3 heteroatoms. The van der Waals surface area contributed by atoms with Crippen LogP contribution in [-0.2, 0) is 9.53 Å². The summed E-state index contributed by atoms with van der Waals surface area (Å²) in [6.45, 7) is 2.14. The maximum absolute atomic E-state index is 10.3. The average molecular weight is 342 g/mol. The Balaban J connectivity index is 1.97. The summed E-state index contributed by atoms with van der Waals surface area (Å²) in [7, 11) is 0. The first-order valence-corrected chi connectivity index (χ1v) is 9.06. The van der Waals surface area contributed by atoms with Crippen molar-refractivity contribution in [1.82, 2.24) is 0 Å². The summed E-state index contributed by atoms with van der Waals surface area (Å²) in [5, 5.41) is 8.50. The van der Waals surface area contributed by atoms with Crippen LogP contribution in [0.4, 0.5) is 0 Å². The maximum Gasteiger partial charge on any atom is 0.303 e. The van der Waals surface area contributed by atoms with E-state index in [1.807, 2.05) is 30.4 Å². The molecule has 0 spiro atoms. The molecule has 1 fully saturated rings. The van der Waals surface area contributed by atoms with Crippen LogP contribution in [0.3, 0.4) is 0 Å². The number of ether oxygens (including phenoxy) is 1. The van der Waals surface area contributed by atoms with E-state index in [-0.39, 0.29) is 6.42 Å². The average Bonchev–Trinajstić information content (AvgIpc) is 3.36. The van der Waals surface area contributed by atoms with E-state index < -0.39 is 5.97 Å². The molecule has 0 aliphatic carbocycles. The molecule has 1 aliphatic rings. The fraction of sp³-hybridized carbons (Fsp3) is 0.409. The first-order valence-electron chi connectivity index (χ1n) is 9.06. The normalized spacial score (nSPS) is 21.2. The van der Waals surface area contributed by atoms with Crippen molar-refractivity contribution in [3.05, 3.63) is 72.9 Å². The largest absolute Gasteiger partial charge is 0.481 e. The number of allylic oxidation sites excluding steroid dienone is 11. The molecule has 0 radical (unpaired) electrons. The van der Waals surface area contributed by atoms with Gasteiger partial charge in [0, 0.05) is 6.42 Å². The second-order valence-corrected chi connectivity index (χ2v) is 5.80. The van der Waals surface area contributed by atoms with Gasteiger partial charge in [0.25, 0.3) is 0 Å². The third-order valence-electron chi connectivity index (χ3n) is 3.64. The molecule has 0 bridgehead atoms. The molecule has 2 atom stereocenters. The molecule has 2 unspecified atom stereocenters. The Morgan fingerprint density at radius 2 is 1.48 bits per heavy atom. The lowest BCUT2D eigenvalue weighted by atomic mass is 10.2. The van der Waals surface area contributed by atoms with Crippen LogP contribution in [0.25, 0.3) is 0 Å². The Morgan fingerprint density at radius 3 is 2.08 bits per heavy atom. The maximum atomic E-state index is 10.3. The smallest absolute Gasteiger partial charge is 0.303 e. The quantitative estimate of drug-likeness (QED) is 0.272. The van der Waals surface area contributed by atoms with Gasteiger partial charge in [0.15, 0.2) is 0 Å². The van der Waals surface area contributed by atoms with Gasteiger partial charge in [-0.3, -0.25) is 4.79 Å². The Kier molecular flexibility index (Phi) is 11.9. The van der Waals surface area contributed by atoms with Crippen molar-refractivity contribution in [2.75, 3.05) is 0 Å². The van der Waals surface area contributed by atoms with E-state index in [2.05, 4.69) is 49.5 Å². The number of carboxylic acid groups (broad SMARTS) is 1. The van der Waals surface area contributed by atoms with Crippen molar-refractivity contribution in [3.8, 4) is 0 Å². The molecule has 0 saturated carbocycles. The van der Waals surface area contributed by atoms with Gasteiger partial charge < -0.3 is 9.84 Å². The summed E-state index contributed by atoms with van der Waals surface area (Å²) in [5.41, 5.74) is 0. The fourth-order valence-electron chi connectivity index (χ4n) is 2.15. The molecule has 1 saturated heterocycles. The van der Waals surface area contributed by atoms with E-state index in [4.69, 9.17) is 9.84 Å². The van der Waals surface area contributed by atoms with Crippen LogP contribution in [0.5, 0.6) is 0 Å². The van der Waals surface area contributed by atoms with Gasteiger partial charge in [0.2, 0.25) is 0 Å². The third kappa shape index (κ3) is 12.9. The van der Waals surface area contributed by atoms with Crippen molar-refractivity contribution in [3.63, 3.8) is 0 Å². The summed E-state index contributed by atoms with van der Waals surface area (Å²) in [6.07, 6.45) is 30.2. The van der Waals surface area contributed by atoms with E-state index >= 15 is 0 Å². The van der Waals surface area contributed by atoms with Crippen molar-refractivity contribution in [2.24, 2.45) is 0 Å². The van der Waals surface area contributed by atoms with Crippen LogP contribution in [0, 0.1) is 0 Å². The van der Waals surface area contributed by atoms with Crippen molar-refractivity contribution in [2.45, 2.75) is 57.7 Å². The highest BCUT2D eigenvalue weighted by Gasteiger charge is 2.33. The molecule has 25 heavy (non-hydrogen) atoms. The van der Waals surface area contributed by atoms with E-state index in [0.717, 1.165) is 25.7 Å². The molecule has 3 nitrogen and oxygen atoms in total. The molecule has 1 N–H and O–H groups in total. The molecular weight excluding hydrogens is 312 g/mol. The predicted octanol–water partition coefficient (Wildman–Crippen LogP) is 5.54. The zero-order valence-electron chi connectivity index (χ0n) is 15.1. The van der Waals surface area contributed by atoms with E-state index in [1.165, 1.54) is 0 Å². The Hall–Kier alpha value is -2.13. The monoisotopic (exact) mass is 342 g/mol. The molecule has 1 rings (SSSR count). The van der Waals surface area contributed by atoms with Crippen LogP contribution >= 0.6 is 0 Å². The second-order valence-electron chi connectivity index (χ2n) is 5.80. The number of epoxide rings is 1. The summed E-state index contributed by atoms with van der Waals surface area (Å²) >= 11 is 0.